The van der Waals surface area contributed by atoms with Gasteiger partial charge in [-0.1, -0.05) is 17.7 Å². The van der Waals surface area contributed by atoms with Crippen molar-refractivity contribution >= 4 is 34.0 Å². The first-order chi connectivity index (χ1) is 12.0. The third-order valence-electron chi connectivity index (χ3n) is 4.20. The number of ether oxygens (including phenoxy) is 2. The maximum atomic E-state index is 6.06. The van der Waals surface area contributed by atoms with Crippen LogP contribution in [0.4, 0.5) is 11.5 Å². The molecule has 2 heterocycles. The minimum atomic E-state index is 0.436. The summed E-state index contributed by atoms with van der Waals surface area (Å²) in [5.74, 6) is 1.56. The van der Waals surface area contributed by atoms with Gasteiger partial charge in [-0.15, -0.1) is 0 Å². The number of nitrogens with zero attached hydrogens (tertiary/aromatic N) is 3. The van der Waals surface area contributed by atoms with E-state index in [-0.39, 0.29) is 0 Å². The first-order valence-corrected chi connectivity index (χ1v) is 8.35. The molecule has 6 nitrogen and oxygen atoms in total. The quantitative estimate of drug-likeness (QED) is 0.670. The number of hydrogen-bond donors (Lipinski definition) is 1. The Morgan fingerprint density at radius 2 is 2.04 bits per heavy atom. The van der Waals surface area contributed by atoms with Crippen molar-refractivity contribution in [2.75, 3.05) is 26.1 Å². The molecular formula is C18H21ClN4O2. The van der Waals surface area contributed by atoms with Gasteiger partial charge in [-0.3, -0.25) is 4.68 Å². The summed E-state index contributed by atoms with van der Waals surface area (Å²) in [5, 5.41) is 9.47. The maximum absolute atomic E-state index is 6.06. The first-order valence-electron chi connectivity index (χ1n) is 7.97. The molecule has 2 aromatic heterocycles. The van der Waals surface area contributed by atoms with E-state index in [1.807, 2.05) is 36.7 Å². The van der Waals surface area contributed by atoms with Crippen LogP contribution in [0.15, 0.2) is 24.4 Å². The maximum Gasteiger partial charge on any atom is 0.161 e. The Kier molecular flexibility index (Phi) is 5.11. The molecule has 25 heavy (non-hydrogen) atoms. The molecule has 0 saturated carbocycles. The Balaban J connectivity index is 2.08. The number of aryl methyl sites for hydroxylation is 1. The normalized spacial score (nSPS) is 11.1. The van der Waals surface area contributed by atoms with Gasteiger partial charge in [-0.2, -0.15) is 5.10 Å². The number of methoxy groups -OCH3 is 2. The lowest BCUT2D eigenvalue weighted by molar-refractivity contribution is 0.185. The van der Waals surface area contributed by atoms with Crippen LogP contribution in [0.1, 0.15) is 11.1 Å². The van der Waals surface area contributed by atoms with E-state index < -0.39 is 0 Å². The number of anilines is 2. The van der Waals surface area contributed by atoms with Crippen LogP contribution in [0.5, 0.6) is 5.75 Å². The number of nitrogens with one attached hydrogen (secondary N) is 1. The molecule has 0 aliphatic heterocycles. The molecule has 3 rings (SSSR count). The zero-order chi connectivity index (χ0) is 18.0. The van der Waals surface area contributed by atoms with Crippen LogP contribution in [0, 0.1) is 13.8 Å². The van der Waals surface area contributed by atoms with Crippen LogP contribution in [0.3, 0.4) is 0 Å². The number of hydrogen-bond acceptors (Lipinski definition) is 5. The van der Waals surface area contributed by atoms with E-state index >= 15 is 0 Å². The molecule has 0 amide bonds. The van der Waals surface area contributed by atoms with E-state index in [0.29, 0.717) is 18.3 Å². The average Bonchev–Trinajstić information content (AvgIpc) is 2.93. The van der Waals surface area contributed by atoms with E-state index in [9.17, 15) is 0 Å². The van der Waals surface area contributed by atoms with Crippen molar-refractivity contribution < 1.29 is 9.47 Å². The van der Waals surface area contributed by atoms with Gasteiger partial charge in [-0.05, 0) is 25.5 Å². The standard InChI is InChI=1S/C18H21ClN4O2/c1-11-5-6-15(25-4)12(2)17(11)21-18-13-10-20-16(19)9-14(13)23(22-18)7-8-24-3/h5-6,9-10H,7-8H2,1-4H3,(H,21,22). The van der Waals surface area contributed by atoms with E-state index in [1.165, 1.54) is 0 Å². The molecule has 0 spiro atoms. The number of benzene rings is 1. The molecule has 0 unspecified atom stereocenters. The van der Waals surface area contributed by atoms with Crippen molar-refractivity contribution in [1.29, 1.82) is 0 Å². The van der Waals surface area contributed by atoms with Crippen LogP contribution in [0.2, 0.25) is 5.15 Å². The highest BCUT2D eigenvalue weighted by Gasteiger charge is 2.15. The molecule has 0 radical (unpaired) electrons. The van der Waals surface area contributed by atoms with Crippen molar-refractivity contribution in [2.45, 2.75) is 20.4 Å². The summed E-state index contributed by atoms with van der Waals surface area (Å²) in [7, 11) is 3.34. The fourth-order valence-electron chi connectivity index (χ4n) is 2.85. The van der Waals surface area contributed by atoms with Gasteiger partial charge in [0.15, 0.2) is 5.82 Å². The van der Waals surface area contributed by atoms with Gasteiger partial charge in [0.05, 0.1) is 31.2 Å². The summed E-state index contributed by atoms with van der Waals surface area (Å²) < 4.78 is 12.5. The fraction of sp³-hybridized carbons (Fsp3) is 0.333. The zero-order valence-electron chi connectivity index (χ0n) is 14.8. The summed E-state index contributed by atoms with van der Waals surface area (Å²) in [6.07, 6.45) is 1.74. The van der Waals surface area contributed by atoms with E-state index in [4.69, 9.17) is 21.1 Å². The fourth-order valence-corrected chi connectivity index (χ4v) is 3.00. The third-order valence-corrected chi connectivity index (χ3v) is 4.40. The minimum absolute atomic E-state index is 0.436. The lowest BCUT2D eigenvalue weighted by atomic mass is 10.1. The predicted octanol–water partition coefficient (Wildman–Crippen LogP) is 4.10. The molecule has 0 saturated heterocycles. The lowest BCUT2D eigenvalue weighted by Gasteiger charge is -2.14. The first kappa shape index (κ1) is 17.5. The molecule has 0 atom stereocenters. The van der Waals surface area contributed by atoms with Gasteiger partial charge in [-0.25, -0.2) is 4.98 Å². The van der Waals surface area contributed by atoms with Crippen molar-refractivity contribution in [1.82, 2.24) is 14.8 Å². The smallest absolute Gasteiger partial charge is 0.161 e. The molecule has 1 aromatic carbocycles. The van der Waals surface area contributed by atoms with E-state index in [0.717, 1.165) is 39.3 Å². The number of fused-ring (bicyclic) bond motifs is 1. The van der Waals surface area contributed by atoms with Gasteiger partial charge in [0.25, 0.3) is 0 Å². The van der Waals surface area contributed by atoms with Gasteiger partial charge < -0.3 is 14.8 Å². The Bertz CT molecular complexity index is 908. The largest absolute Gasteiger partial charge is 0.496 e. The zero-order valence-corrected chi connectivity index (χ0v) is 15.5. The highest BCUT2D eigenvalue weighted by Crippen LogP contribution is 2.33. The Hall–Kier alpha value is -2.31. The van der Waals surface area contributed by atoms with Crippen molar-refractivity contribution in [2.24, 2.45) is 0 Å². The molecule has 0 aliphatic rings. The van der Waals surface area contributed by atoms with E-state index in [1.54, 1.807) is 20.4 Å². The van der Waals surface area contributed by atoms with Crippen molar-refractivity contribution in [3.8, 4) is 5.75 Å². The molecule has 0 fully saturated rings. The third kappa shape index (κ3) is 3.41. The van der Waals surface area contributed by atoms with Crippen molar-refractivity contribution in [3.63, 3.8) is 0 Å². The van der Waals surface area contributed by atoms with Crippen LogP contribution in [-0.4, -0.2) is 35.6 Å². The van der Waals surface area contributed by atoms with E-state index in [2.05, 4.69) is 15.4 Å². The SMILES string of the molecule is COCCn1nc(Nc2c(C)ccc(OC)c2C)c2cnc(Cl)cc21. The van der Waals surface area contributed by atoms with Crippen LogP contribution >= 0.6 is 11.6 Å². The monoisotopic (exact) mass is 360 g/mol. The van der Waals surface area contributed by atoms with Crippen LogP contribution < -0.4 is 10.1 Å². The Morgan fingerprint density at radius 1 is 1.24 bits per heavy atom. The summed E-state index contributed by atoms with van der Waals surface area (Å²) in [5.41, 5.74) is 4.04. The minimum Gasteiger partial charge on any atom is -0.496 e. The average molecular weight is 361 g/mol. The molecule has 0 aliphatic carbocycles. The summed E-state index contributed by atoms with van der Waals surface area (Å²) in [6, 6.07) is 5.80. The molecule has 0 bridgehead atoms. The van der Waals surface area contributed by atoms with Crippen LogP contribution in [-0.2, 0) is 11.3 Å². The molecule has 3 aromatic rings. The number of rotatable bonds is 6. The molecular weight excluding hydrogens is 340 g/mol. The second kappa shape index (κ2) is 7.29. The van der Waals surface area contributed by atoms with Crippen molar-refractivity contribution in [3.05, 3.63) is 40.7 Å². The topological polar surface area (TPSA) is 61.2 Å². The predicted molar refractivity (Wildman–Crippen MR) is 100 cm³/mol. The van der Waals surface area contributed by atoms with Gasteiger partial charge >= 0.3 is 0 Å². The van der Waals surface area contributed by atoms with Gasteiger partial charge in [0, 0.05) is 30.6 Å². The second-order valence-corrected chi connectivity index (χ2v) is 6.19. The second-order valence-electron chi connectivity index (χ2n) is 5.80. The Morgan fingerprint density at radius 3 is 2.76 bits per heavy atom. The molecule has 7 heteroatoms. The Labute approximate surface area is 151 Å². The van der Waals surface area contributed by atoms with Gasteiger partial charge in [0.1, 0.15) is 10.9 Å². The number of halogens is 1. The number of aromatic nitrogens is 3. The molecule has 1 N–H and O–H groups in total. The van der Waals surface area contributed by atoms with Crippen LogP contribution in [0.25, 0.3) is 10.9 Å². The molecule has 132 valence electrons. The summed E-state index contributed by atoms with van der Waals surface area (Å²) >= 11 is 6.06. The highest BCUT2D eigenvalue weighted by molar-refractivity contribution is 6.30. The number of pyridine rings is 1. The summed E-state index contributed by atoms with van der Waals surface area (Å²) in [4.78, 5) is 4.20. The summed E-state index contributed by atoms with van der Waals surface area (Å²) in [6.45, 7) is 5.26. The highest BCUT2D eigenvalue weighted by atomic mass is 35.5. The van der Waals surface area contributed by atoms with Gasteiger partial charge in [0.2, 0.25) is 0 Å². The lowest BCUT2D eigenvalue weighted by Crippen LogP contribution is -2.06.